The van der Waals surface area contributed by atoms with Gasteiger partial charge in [0.1, 0.15) is 6.04 Å². The number of carbonyl (C=O) groups excluding carboxylic acids is 2. The predicted octanol–water partition coefficient (Wildman–Crippen LogP) is 4.43. The van der Waals surface area contributed by atoms with Crippen LogP contribution in [-0.4, -0.2) is 26.6 Å². The monoisotopic (exact) mass is 435 g/mol. The van der Waals surface area contributed by atoms with Crippen LogP contribution in [0.2, 0.25) is 15.1 Å². The van der Waals surface area contributed by atoms with Gasteiger partial charge in [-0.2, -0.15) is 4.98 Å². The summed E-state index contributed by atoms with van der Waals surface area (Å²) >= 11 is 17.9. The number of nitrogens with zero attached hydrogens (tertiary/aromatic N) is 3. The topological polar surface area (TPSA) is 88.9 Å². The van der Waals surface area contributed by atoms with Crippen LogP contribution in [0.15, 0.2) is 42.5 Å². The molecule has 2 amide bonds. The van der Waals surface area contributed by atoms with Gasteiger partial charge in [0.15, 0.2) is 5.82 Å². The van der Waals surface area contributed by atoms with Gasteiger partial charge in [0.25, 0.3) is 5.91 Å². The van der Waals surface area contributed by atoms with Gasteiger partial charge in [0.2, 0.25) is 11.9 Å². The maximum absolute atomic E-state index is 12.4. The van der Waals surface area contributed by atoms with E-state index in [0.717, 1.165) is 5.56 Å². The fraction of sp³-hybridized carbons (Fsp3) is 0.111. The smallest absolute Gasteiger partial charge is 0.252 e. The SMILES string of the molecule is O=C(C[C@H]1C(=O)Nc2nc(-c3ccc(Cl)cc3)nn21)Nc1cc(Cl)ccc1Cl. The Morgan fingerprint density at radius 2 is 1.82 bits per heavy atom. The molecule has 142 valence electrons. The van der Waals surface area contributed by atoms with E-state index in [1.54, 1.807) is 36.4 Å². The van der Waals surface area contributed by atoms with Crippen LogP contribution in [0.3, 0.4) is 0 Å². The van der Waals surface area contributed by atoms with Crippen molar-refractivity contribution in [3.8, 4) is 11.4 Å². The predicted molar refractivity (Wildman–Crippen MR) is 108 cm³/mol. The first-order valence-corrected chi connectivity index (χ1v) is 9.32. The van der Waals surface area contributed by atoms with Crippen LogP contribution in [0, 0.1) is 0 Å². The number of hydrogen-bond acceptors (Lipinski definition) is 4. The van der Waals surface area contributed by atoms with Crippen molar-refractivity contribution in [2.24, 2.45) is 0 Å². The lowest BCUT2D eigenvalue weighted by molar-refractivity contribution is -0.123. The van der Waals surface area contributed by atoms with Gasteiger partial charge in [-0.3, -0.25) is 14.9 Å². The van der Waals surface area contributed by atoms with Gasteiger partial charge in [0.05, 0.1) is 17.1 Å². The van der Waals surface area contributed by atoms with Crippen LogP contribution >= 0.6 is 34.8 Å². The average molecular weight is 437 g/mol. The molecule has 0 bridgehead atoms. The summed E-state index contributed by atoms with van der Waals surface area (Å²) in [5.74, 6) is -0.0470. The quantitative estimate of drug-likeness (QED) is 0.633. The maximum atomic E-state index is 12.4. The number of nitrogens with one attached hydrogen (secondary N) is 2. The highest BCUT2D eigenvalue weighted by Crippen LogP contribution is 2.30. The molecule has 7 nitrogen and oxygen atoms in total. The molecular weight excluding hydrogens is 425 g/mol. The number of aromatic nitrogens is 3. The minimum absolute atomic E-state index is 0.134. The summed E-state index contributed by atoms with van der Waals surface area (Å²) in [6, 6.07) is 10.9. The standard InChI is InChI=1S/C18H12Cl3N5O2/c19-10-3-1-9(2-4-10)16-23-18-24-17(28)14(26(18)25-16)8-15(27)22-13-7-11(20)5-6-12(13)21/h1-7,14H,8H2,(H,22,27)(H,23,24,25,28)/t14-/m0/s1. The lowest BCUT2D eigenvalue weighted by Gasteiger charge is -2.11. The molecule has 1 atom stereocenters. The zero-order valence-corrected chi connectivity index (χ0v) is 16.4. The number of rotatable bonds is 4. The van der Waals surface area contributed by atoms with Crippen LogP contribution in [0.5, 0.6) is 0 Å². The van der Waals surface area contributed by atoms with Crippen molar-refractivity contribution in [1.29, 1.82) is 0 Å². The zero-order valence-electron chi connectivity index (χ0n) is 14.1. The largest absolute Gasteiger partial charge is 0.325 e. The van der Waals surface area contributed by atoms with Gasteiger partial charge in [-0.05, 0) is 42.5 Å². The first-order chi connectivity index (χ1) is 13.4. The maximum Gasteiger partial charge on any atom is 0.252 e. The van der Waals surface area contributed by atoms with Gasteiger partial charge < -0.3 is 5.32 Å². The van der Waals surface area contributed by atoms with E-state index in [9.17, 15) is 9.59 Å². The number of anilines is 2. The summed E-state index contributed by atoms with van der Waals surface area (Å²) in [5.41, 5.74) is 1.12. The first-order valence-electron chi connectivity index (χ1n) is 8.19. The molecule has 10 heteroatoms. The van der Waals surface area contributed by atoms with E-state index in [1.807, 2.05) is 0 Å². The molecule has 0 unspecified atom stereocenters. The van der Waals surface area contributed by atoms with E-state index >= 15 is 0 Å². The van der Waals surface area contributed by atoms with Crippen LogP contribution in [0.25, 0.3) is 11.4 Å². The molecule has 1 aromatic heterocycles. The fourth-order valence-corrected chi connectivity index (χ4v) is 3.26. The summed E-state index contributed by atoms with van der Waals surface area (Å²) in [5, 5.41) is 11.0. The number of hydrogen-bond donors (Lipinski definition) is 2. The third-order valence-corrected chi connectivity index (χ3v) is 4.96. The molecule has 2 heterocycles. The zero-order chi connectivity index (χ0) is 19.8. The van der Waals surface area contributed by atoms with Crippen molar-refractivity contribution in [2.45, 2.75) is 12.5 Å². The third kappa shape index (κ3) is 3.69. The van der Waals surface area contributed by atoms with Gasteiger partial charge in [-0.15, -0.1) is 5.10 Å². The molecule has 0 saturated heterocycles. The summed E-state index contributed by atoms with van der Waals surface area (Å²) in [4.78, 5) is 29.0. The molecule has 0 radical (unpaired) electrons. The fourth-order valence-electron chi connectivity index (χ4n) is 2.80. The molecule has 2 aromatic carbocycles. The van der Waals surface area contributed by atoms with Crippen molar-refractivity contribution in [2.75, 3.05) is 10.6 Å². The van der Waals surface area contributed by atoms with Crippen molar-refractivity contribution in [3.05, 3.63) is 57.5 Å². The molecule has 2 N–H and O–H groups in total. The number of halogens is 3. The number of benzene rings is 2. The Hall–Kier alpha value is -2.61. The van der Waals surface area contributed by atoms with Crippen LogP contribution < -0.4 is 10.6 Å². The summed E-state index contributed by atoms with van der Waals surface area (Å²) < 4.78 is 1.41. The van der Waals surface area contributed by atoms with Crippen LogP contribution in [-0.2, 0) is 9.59 Å². The highest BCUT2D eigenvalue weighted by molar-refractivity contribution is 6.35. The summed E-state index contributed by atoms with van der Waals surface area (Å²) in [6.07, 6.45) is -0.134. The Bertz CT molecular complexity index is 1080. The van der Waals surface area contributed by atoms with Crippen molar-refractivity contribution < 1.29 is 9.59 Å². The Labute approximate surface area is 174 Å². The first kappa shape index (κ1) is 18.7. The molecule has 0 aliphatic carbocycles. The second-order valence-corrected chi connectivity index (χ2v) is 7.37. The van der Waals surface area contributed by atoms with E-state index in [0.29, 0.717) is 26.6 Å². The minimum Gasteiger partial charge on any atom is -0.325 e. The highest BCUT2D eigenvalue weighted by atomic mass is 35.5. The third-order valence-electron chi connectivity index (χ3n) is 4.15. The van der Waals surface area contributed by atoms with Crippen molar-refractivity contribution in [3.63, 3.8) is 0 Å². The number of carbonyl (C=O) groups is 2. The average Bonchev–Trinajstić information content (AvgIpc) is 3.18. The lowest BCUT2D eigenvalue weighted by atomic mass is 10.2. The van der Waals surface area contributed by atoms with Gasteiger partial charge in [-0.1, -0.05) is 34.8 Å². The van der Waals surface area contributed by atoms with E-state index < -0.39 is 11.9 Å². The van der Waals surface area contributed by atoms with E-state index in [4.69, 9.17) is 34.8 Å². The molecule has 4 rings (SSSR count). The molecule has 28 heavy (non-hydrogen) atoms. The van der Waals surface area contributed by atoms with Crippen LogP contribution in [0.4, 0.5) is 11.6 Å². The molecule has 0 saturated carbocycles. The van der Waals surface area contributed by atoms with Crippen LogP contribution in [0.1, 0.15) is 12.5 Å². The molecule has 1 aliphatic rings. The Balaban J connectivity index is 1.53. The summed E-state index contributed by atoms with van der Waals surface area (Å²) in [7, 11) is 0. The van der Waals surface area contributed by atoms with Gasteiger partial charge >= 0.3 is 0 Å². The molecule has 0 fully saturated rings. The highest BCUT2D eigenvalue weighted by Gasteiger charge is 2.35. The van der Waals surface area contributed by atoms with Crippen molar-refractivity contribution in [1.82, 2.24) is 14.8 Å². The molecular formula is C18H12Cl3N5O2. The minimum atomic E-state index is -0.818. The van der Waals surface area contributed by atoms with E-state index in [2.05, 4.69) is 20.7 Å². The molecule has 0 spiro atoms. The number of amides is 2. The molecule has 1 aliphatic heterocycles. The normalized spacial score (nSPS) is 15.2. The Morgan fingerprint density at radius 1 is 1.11 bits per heavy atom. The van der Waals surface area contributed by atoms with E-state index in [-0.39, 0.29) is 18.3 Å². The van der Waals surface area contributed by atoms with Gasteiger partial charge in [0, 0.05) is 15.6 Å². The summed E-state index contributed by atoms with van der Waals surface area (Å²) in [6.45, 7) is 0. The number of fused-ring (bicyclic) bond motifs is 1. The van der Waals surface area contributed by atoms with E-state index in [1.165, 1.54) is 10.7 Å². The Morgan fingerprint density at radius 3 is 2.57 bits per heavy atom. The second-order valence-electron chi connectivity index (χ2n) is 6.09. The Kier molecular flexibility index (Phi) is 4.97. The second kappa shape index (κ2) is 7.43. The lowest BCUT2D eigenvalue weighted by Crippen LogP contribution is -2.23. The van der Waals surface area contributed by atoms with Crippen molar-refractivity contribution >= 4 is 58.3 Å². The van der Waals surface area contributed by atoms with Gasteiger partial charge in [-0.25, -0.2) is 4.68 Å². The molecule has 3 aromatic rings.